The van der Waals surface area contributed by atoms with E-state index in [1.807, 2.05) is 0 Å². The van der Waals surface area contributed by atoms with Gasteiger partial charge in [0.05, 0.1) is 31.6 Å². The number of nitrogens with zero attached hydrogens (tertiary/aromatic N) is 2. The molecule has 0 aromatic heterocycles. The molecule has 14 atom stereocenters. The van der Waals surface area contributed by atoms with Crippen LogP contribution in [0.25, 0.3) is 0 Å². The van der Waals surface area contributed by atoms with Crippen molar-refractivity contribution >= 4 is 125 Å². The number of hydrogen-bond acceptors (Lipinski definition) is 23. The van der Waals surface area contributed by atoms with E-state index in [9.17, 15) is 117 Å². The van der Waals surface area contributed by atoms with Crippen LogP contribution >= 0.6 is 12.6 Å². The van der Waals surface area contributed by atoms with Crippen LogP contribution in [-0.2, 0) is 92.7 Å². The second-order valence-corrected chi connectivity index (χ2v) is 23.7. The predicted molar refractivity (Wildman–Crippen MR) is 352 cm³/mol. The van der Waals surface area contributed by atoms with E-state index in [1.54, 1.807) is 18.2 Å². The van der Waals surface area contributed by atoms with E-state index in [1.165, 1.54) is 12.1 Å². The molecule has 26 N–H and O–H groups in total. The molecular weight excluding hydrogens is 1380 g/mol. The minimum Gasteiger partial charge on any atom is -0.481 e. The number of amides is 13. The molecule has 2 rings (SSSR count). The van der Waals surface area contributed by atoms with Gasteiger partial charge >= 0.3 is 29.8 Å². The molecule has 1 heterocycles. The Morgan fingerprint density at radius 1 is 0.520 bits per heavy atom. The molecule has 1 aliphatic heterocycles. The molecule has 1 fully saturated rings. The van der Waals surface area contributed by atoms with Crippen LogP contribution in [0, 0.1) is 0 Å². The Morgan fingerprint density at radius 3 is 1.52 bits per heavy atom. The number of benzene rings is 1. The molecule has 0 aliphatic carbocycles. The summed E-state index contributed by atoms with van der Waals surface area (Å²) in [6, 6.07) is -14.6. The van der Waals surface area contributed by atoms with Gasteiger partial charge in [-0.05, 0) is 71.3 Å². The summed E-state index contributed by atoms with van der Waals surface area (Å²) < 4.78 is 0. The maximum Gasteiger partial charge on any atom is 0.326 e. The quantitative estimate of drug-likeness (QED) is 0.0125. The van der Waals surface area contributed by atoms with Crippen LogP contribution in [0.1, 0.15) is 103 Å². The number of thiol groups is 1. The maximum absolute atomic E-state index is 14.1. The van der Waals surface area contributed by atoms with Crippen molar-refractivity contribution in [2.75, 3.05) is 25.4 Å². The Morgan fingerprint density at radius 2 is 0.980 bits per heavy atom. The molecule has 0 bridgehead atoms. The lowest BCUT2D eigenvalue weighted by molar-refractivity contribution is -0.146. The van der Waals surface area contributed by atoms with Gasteiger partial charge in [0.15, 0.2) is 5.96 Å². The van der Waals surface area contributed by atoms with Gasteiger partial charge in [-0.25, -0.2) is 4.79 Å². The Hall–Kier alpha value is -10.8. The number of carbonyl (C=O) groups excluding carboxylic acids is 13. The zero-order chi connectivity index (χ0) is 77.2. The van der Waals surface area contributed by atoms with E-state index in [2.05, 4.69) is 76.1 Å². The number of nitrogens with two attached hydrogens (primary N) is 4. The van der Waals surface area contributed by atoms with Crippen molar-refractivity contribution in [2.45, 2.75) is 189 Å². The van der Waals surface area contributed by atoms with Gasteiger partial charge < -0.3 is 122 Å². The Balaban J connectivity index is 2.27. The molecule has 0 spiro atoms. The van der Waals surface area contributed by atoms with Crippen LogP contribution < -0.4 is 81.4 Å². The summed E-state index contributed by atoms with van der Waals surface area (Å²) in [6.45, 7) is 1.89. The largest absolute Gasteiger partial charge is 0.481 e. The van der Waals surface area contributed by atoms with Gasteiger partial charge in [-0.15, -0.1) is 0 Å². The van der Waals surface area contributed by atoms with Crippen LogP contribution in [0.4, 0.5) is 0 Å². The summed E-state index contributed by atoms with van der Waals surface area (Å²) in [5.41, 5.74) is 22.0. The highest BCUT2D eigenvalue weighted by Gasteiger charge is 2.42. The number of likely N-dealkylation sites (tertiary alicyclic amines) is 1. The number of aliphatic carboxylic acids is 5. The summed E-state index contributed by atoms with van der Waals surface area (Å²) >= 11 is 4.10. The van der Waals surface area contributed by atoms with Crippen LogP contribution in [0.5, 0.6) is 0 Å². The van der Waals surface area contributed by atoms with Crippen molar-refractivity contribution in [3.63, 3.8) is 0 Å². The molecule has 0 saturated carbocycles. The number of aliphatic hydroxyl groups is 2. The molecule has 1 aliphatic rings. The topological polar surface area (TPSA) is 701 Å². The molecule has 1 saturated heterocycles. The van der Waals surface area contributed by atoms with Crippen molar-refractivity contribution in [2.24, 2.45) is 27.9 Å². The number of guanidine groups is 1. The van der Waals surface area contributed by atoms with Crippen LogP contribution in [0.15, 0.2) is 35.3 Å². The molecular formula is C59H89N17O25S. The van der Waals surface area contributed by atoms with Crippen LogP contribution in [-0.4, -0.2) is 263 Å². The van der Waals surface area contributed by atoms with Crippen LogP contribution in [0.3, 0.4) is 0 Å². The minimum atomic E-state index is -2.05. The van der Waals surface area contributed by atoms with E-state index >= 15 is 0 Å². The zero-order valence-corrected chi connectivity index (χ0v) is 56.5. The molecule has 566 valence electrons. The lowest BCUT2D eigenvalue weighted by atomic mass is 10.0. The predicted octanol–water partition coefficient (Wildman–Crippen LogP) is -9.69. The standard InChI is InChI=1S/C59H89N17O25S/c1-26(65-49(91)32(15-18-42(82)83)68-53(95)37(24-77)73-48(90)30(60)13-17-41(80)81)46(88)72-36(23-44(86)87)57(99)76-20-8-12-39(76)55(97)66-27(2)47(89)75-45(28(3)78)56(98)74-38(25-102)54(96)71-35(22-43(84)85)52(94)70-34(21-29-9-5-4-6-10-29)51(93)67-31(14-16-40(61)79)50(92)69-33(58(100)101)11-7-19-64-59(62)63/h4-6,9-10,26-28,30-39,45,77-78,102H,7-8,11-25,60H2,1-3H3,(H2,61,79)(H,65,91)(H,66,97)(H,67,93)(H,68,95)(H,69,92)(H,70,94)(H,71,96)(H,72,88)(H,73,90)(H,74,98)(H,75,89)(H,80,81)(H,82,83)(H,84,85)(H,86,87)(H,100,101)(H4,62,63,64). The molecule has 102 heavy (non-hydrogen) atoms. The molecule has 43 heteroatoms. The Kier molecular flexibility index (Phi) is 37.3. The third kappa shape index (κ3) is 31.2. The second-order valence-electron chi connectivity index (χ2n) is 23.4. The summed E-state index contributed by atoms with van der Waals surface area (Å²) in [6.07, 6.45) is -7.80. The number of carboxylic acids is 5. The molecule has 13 amide bonds. The number of rotatable bonds is 46. The van der Waals surface area contributed by atoms with Crippen molar-refractivity contribution in [1.29, 1.82) is 0 Å². The fourth-order valence-corrected chi connectivity index (χ4v) is 9.87. The summed E-state index contributed by atoms with van der Waals surface area (Å²) in [4.78, 5) is 239. The first-order chi connectivity index (χ1) is 47.8. The molecule has 0 radical (unpaired) electrons. The van der Waals surface area contributed by atoms with Gasteiger partial charge in [-0.2, -0.15) is 12.6 Å². The highest BCUT2D eigenvalue weighted by molar-refractivity contribution is 7.80. The van der Waals surface area contributed by atoms with Gasteiger partial charge in [0.1, 0.15) is 72.5 Å². The van der Waals surface area contributed by atoms with E-state index in [0.29, 0.717) is 5.56 Å². The lowest BCUT2D eigenvalue weighted by Gasteiger charge is -2.30. The highest BCUT2D eigenvalue weighted by Crippen LogP contribution is 2.20. The third-order valence-electron chi connectivity index (χ3n) is 15.1. The maximum atomic E-state index is 14.1. The number of hydrogen-bond donors (Lipinski definition) is 23. The average molecular weight is 1470 g/mol. The molecule has 1 aromatic rings. The fourth-order valence-electron chi connectivity index (χ4n) is 9.61. The van der Waals surface area contributed by atoms with Gasteiger partial charge in [0, 0.05) is 44.5 Å². The number of carboxylic acid groups (broad SMARTS) is 5. The summed E-state index contributed by atoms with van der Waals surface area (Å²) in [5, 5.41) is 92.6. The van der Waals surface area contributed by atoms with Crippen molar-refractivity contribution in [3.05, 3.63) is 35.9 Å². The first kappa shape index (κ1) is 87.3. The lowest BCUT2D eigenvalue weighted by Crippen LogP contribution is -2.62. The SMILES string of the molecule is CC(NC(=O)C(CCC(=O)O)NC(=O)C(CO)NC(=O)C(N)CCC(=O)O)C(=O)NC(CC(=O)O)C(=O)N1CCCC1C(=O)NC(C)C(=O)NC(C(=O)NC(CS)C(=O)NC(CC(=O)O)C(=O)NC(Cc1ccccc1)C(=O)NC(CCC(N)=O)C(=O)NC(CCCN=C(N)N)C(=O)O)C(C)O. The zero-order valence-electron chi connectivity index (χ0n) is 55.6. The second kappa shape index (κ2) is 43.7. The first-order valence-corrected chi connectivity index (χ1v) is 32.2. The number of aliphatic hydroxyl groups excluding tert-OH is 2. The summed E-state index contributed by atoms with van der Waals surface area (Å²) in [7, 11) is 0. The molecule has 1 aromatic carbocycles. The summed E-state index contributed by atoms with van der Waals surface area (Å²) in [5.74, 6) is -23.5. The van der Waals surface area contributed by atoms with Gasteiger partial charge in [0.25, 0.3) is 0 Å². The average Bonchev–Trinajstić information content (AvgIpc) is 1.61. The van der Waals surface area contributed by atoms with Crippen molar-refractivity contribution in [1.82, 2.24) is 63.4 Å². The normalized spacial score (nSPS) is 16.2. The molecule has 14 unspecified atom stereocenters. The van der Waals surface area contributed by atoms with E-state index < -0.39 is 249 Å². The van der Waals surface area contributed by atoms with Gasteiger partial charge in [0.2, 0.25) is 76.8 Å². The minimum absolute atomic E-state index is 0.0120. The van der Waals surface area contributed by atoms with E-state index in [-0.39, 0.29) is 57.6 Å². The van der Waals surface area contributed by atoms with Crippen LogP contribution in [0.2, 0.25) is 0 Å². The Labute approximate surface area is 586 Å². The number of primary amides is 1. The number of nitrogens with one attached hydrogen (secondary N) is 11. The highest BCUT2D eigenvalue weighted by atomic mass is 32.1. The van der Waals surface area contributed by atoms with E-state index in [4.69, 9.17) is 28.0 Å². The van der Waals surface area contributed by atoms with E-state index in [0.717, 1.165) is 25.7 Å². The van der Waals surface area contributed by atoms with Crippen molar-refractivity contribution in [3.8, 4) is 0 Å². The monoisotopic (exact) mass is 1470 g/mol. The van der Waals surface area contributed by atoms with Gasteiger partial charge in [-0.1, -0.05) is 30.3 Å². The molecule has 42 nitrogen and oxygen atoms in total. The number of aliphatic imine (C=N–C) groups is 1. The third-order valence-corrected chi connectivity index (χ3v) is 15.5. The smallest absolute Gasteiger partial charge is 0.326 e. The first-order valence-electron chi connectivity index (χ1n) is 31.6. The number of carbonyl (C=O) groups is 18. The Bertz CT molecular complexity index is 3230. The van der Waals surface area contributed by atoms with Crippen molar-refractivity contribution < 1.29 is 122 Å². The fraction of sp³-hybridized carbons (Fsp3) is 0.576. The van der Waals surface area contributed by atoms with Gasteiger partial charge in [-0.3, -0.25) is 86.5 Å².